The van der Waals surface area contributed by atoms with Crippen LogP contribution in [0.3, 0.4) is 0 Å². The Morgan fingerprint density at radius 1 is 1.40 bits per heavy atom. The molecule has 2 N–H and O–H groups in total. The Kier molecular flexibility index (Phi) is 4.36. The lowest BCUT2D eigenvalue weighted by molar-refractivity contribution is -0.131. The summed E-state index contributed by atoms with van der Waals surface area (Å²) in [7, 11) is 0. The number of ether oxygens (including phenoxy) is 2. The molecule has 20 heavy (non-hydrogen) atoms. The van der Waals surface area contributed by atoms with Crippen molar-refractivity contribution in [1.29, 1.82) is 0 Å². The van der Waals surface area contributed by atoms with Gasteiger partial charge in [-0.05, 0) is 19.1 Å². The highest BCUT2D eigenvalue weighted by atomic mass is 16.5. The van der Waals surface area contributed by atoms with Crippen molar-refractivity contribution < 1.29 is 24.2 Å². The van der Waals surface area contributed by atoms with Gasteiger partial charge >= 0.3 is 5.97 Å². The molecule has 1 fully saturated rings. The quantitative estimate of drug-likeness (QED) is 0.618. The molecule has 0 radical (unpaired) electrons. The molecule has 2 atom stereocenters. The second kappa shape index (κ2) is 6.02. The fraction of sp³-hybridized carbons (Fsp3) is 0.429. The van der Waals surface area contributed by atoms with Crippen LogP contribution >= 0.6 is 0 Å². The average Bonchev–Trinajstić information content (AvgIpc) is 2.77. The average molecular weight is 279 g/mol. The van der Waals surface area contributed by atoms with Crippen molar-refractivity contribution in [2.24, 2.45) is 0 Å². The molecule has 0 spiro atoms. The lowest BCUT2D eigenvalue weighted by Crippen LogP contribution is -2.42. The lowest BCUT2D eigenvalue weighted by Gasteiger charge is -2.16. The maximum Gasteiger partial charge on any atom is 0.308 e. The third-order valence-electron chi connectivity index (χ3n) is 3.15. The van der Waals surface area contributed by atoms with E-state index < -0.39 is 18.1 Å². The molecule has 1 aliphatic rings. The van der Waals surface area contributed by atoms with E-state index in [1.807, 2.05) is 0 Å². The molecular weight excluding hydrogens is 262 g/mol. The van der Waals surface area contributed by atoms with E-state index in [4.69, 9.17) is 9.47 Å². The second-order valence-corrected chi connectivity index (χ2v) is 4.71. The summed E-state index contributed by atoms with van der Waals surface area (Å²) in [5.41, 5.74) is 0.983. The largest absolute Gasteiger partial charge is 0.426 e. The van der Waals surface area contributed by atoms with Crippen LogP contribution < -0.4 is 10.1 Å². The maximum absolute atomic E-state index is 12.2. The zero-order chi connectivity index (χ0) is 14.7. The standard InChI is InChI=1S/C14H17NO5/c1-8-10(4-3-5-13(8)20-9(2)16)14(18)15-11-6-19-7-12(11)17/h3-5,11-12,17H,6-7H2,1-2H3,(H,15,18). The number of nitrogens with one attached hydrogen (secondary N) is 1. The first-order valence-corrected chi connectivity index (χ1v) is 6.33. The Labute approximate surface area is 116 Å². The summed E-state index contributed by atoms with van der Waals surface area (Å²) in [5, 5.41) is 12.3. The van der Waals surface area contributed by atoms with Crippen LogP contribution in [0.4, 0.5) is 0 Å². The molecule has 6 nitrogen and oxygen atoms in total. The number of aliphatic hydroxyl groups excluding tert-OH is 1. The first kappa shape index (κ1) is 14.5. The molecular formula is C14H17NO5. The number of amides is 1. The van der Waals surface area contributed by atoms with Crippen molar-refractivity contribution in [2.75, 3.05) is 13.2 Å². The van der Waals surface area contributed by atoms with Gasteiger partial charge in [-0.3, -0.25) is 9.59 Å². The third kappa shape index (κ3) is 3.15. The predicted molar refractivity (Wildman–Crippen MR) is 70.6 cm³/mol. The molecule has 0 saturated carbocycles. The summed E-state index contributed by atoms with van der Waals surface area (Å²) in [6.07, 6.45) is -0.698. The third-order valence-corrected chi connectivity index (χ3v) is 3.15. The predicted octanol–water partition coefficient (Wildman–Crippen LogP) is 0.410. The summed E-state index contributed by atoms with van der Waals surface area (Å²) in [6, 6.07) is 4.49. The van der Waals surface area contributed by atoms with E-state index in [-0.39, 0.29) is 19.1 Å². The molecule has 0 aromatic heterocycles. The number of esters is 1. The molecule has 1 amide bonds. The minimum Gasteiger partial charge on any atom is -0.426 e. The van der Waals surface area contributed by atoms with E-state index in [0.717, 1.165) is 0 Å². The van der Waals surface area contributed by atoms with E-state index in [1.54, 1.807) is 25.1 Å². The van der Waals surface area contributed by atoms with Gasteiger partial charge in [0, 0.05) is 18.1 Å². The fourth-order valence-electron chi connectivity index (χ4n) is 2.05. The molecule has 6 heteroatoms. The minimum absolute atomic E-state index is 0.220. The van der Waals surface area contributed by atoms with Gasteiger partial charge in [-0.2, -0.15) is 0 Å². The van der Waals surface area contributed by atoms with E-state index >= 15 is 0 Å². The Morgan fingerprint density at radius 3 is 2.75 bits per heavy atom. The highest BCUT2D eigenvalue weighted by Crippen LogP contribution is 2.22. The van der Waals surface area contributed by atoms with Crippen LogP contribution in [0.25, 0.3) is 0 Å². The van der Waals surface area contributed by atoms with Gasteiger partial charge in [0.05, 0.1) is 25.4 Å². The van der Waals surface area contributed by atoms with Crippen molar-refractivity contribution >= 4 is 11.9 Å². The SMILES string of the molecule is CC(=O)Oc1cccc(C(=O)NC2COCC2O)c1C. The molecule has 1 aliphatic heterocycles. The van der Waals surface area contributed by atoms with Gasteiger partial charge < -0.3 is 19.9 Å². The summed E-state index contributed by atoms with van der Waals surface area (Å²) in [4.78, 5) is 23.2. The molecule has 1 aromatic carbocycles. The molecule has 108 valence electrons. The van der Waals surface area contributed by atoms with Gasteiger partial charge in [0.1, 0.15) is 5.75 Å². The van der Waals surface area contributed by atoms with Gasteiger partial charge in [0.2, 0.25) is 0 Å². The van der Waals surface area contributed by atoms with Crippen molar-refractivity contribution in [3.8, 4) is 5.75 Å². The molecule has 0 aliphatic carbocycles. The second-order valence-electron chi connectivity index (χ2n) is 4.71. The number of hydrogen-bond donors (Lipinski definition) is 2. The molecule has 2 unspecified atom stereocenters. The van der Waals surface area contributed by atoms with E-state index in [9.17, 15) is 14.7 Å². The topological polar surface area (TPSA) is 84.9 Å². The smallest absolute Gasteiger partial charge is 0.308 e. The van der Waals surface area contributed by atoms with Crippen LogP contribution in [-0.2, 0) is 9.53 Å². The fourth-order valence-corrected chi connectivity index (χ4v) is 2.05. The highest BCUT2D eigenvalue weighted by molar-refractivity contribution is 5.96. The number of carbonyl (C=O) groups excluding carboxylic acids is 2. The van der Waals surface area contributed by atoms with E-state index in [2.05, 4.69) is 5.32 Å². The van der Waals surface area contributed by atoms with Crippen LogP contribution in [0, 0.1) is 6.92 Å². The normalized spacial score (nSPS) is 21.6. The van der Waals surface area contributed by atoms with Crippen LogP contribution in [0.5, 0.6) is 5.75 Å². The highest BCUT2D eigenvalue weighted by Gasteiger charge is 2.28. The monoisotopic (exact) mass is 279 g/mol. The van der Waals surface area contributed by atoms with E-state index in [0.29, 0.717) is 16.9 Å². The first-order chi connectivity index (χ1) is 9.49. The molecule has 0 bridgehead atoms. The van der Waals surface area contributed by atoms with Crippen molar-refractivity contribution in [3.05, 3.63) is 29.3 Å². The van der Waals surface area contributed by atoms with Gasteiger partial charge in [-0.25, -0.2) is 0 Å². The van der Waals surface area contributed by atoms with Crippen molar-refractivity contribution in [3.63, 3.8) is 0 Å². The number of aliphatic hydroxyl groups is 1. The minimum atomic E-state index is -0.698. The molecule has 1 aromatic rings. The number of rotatable bonds is 3. The first-order valence-electron chi connectivity index (χ1n) is 6.33. The summed E-state index contributed by atoms with van der Waals surface area (Å²) in [5.74, 6) is -0.412. The van der Waals surface area contributed by atoms with Crippen LogP contribution in [0.1, 0.15) is 22.8 Å². The summed E-state index contributed by atoms with van der Waals surface area (Å²) < 4.78 is 10.1. The van der Waals surface area contributed by atoms with Gasteiger partial charge in [-0.1, -0.05) is 6.07 Å². The van der Waals surface area contributed by atoms with Gasteiger partial charge in [0.25, 0.3) is 5.91 Å². The van der Waals surface area contributed by atoms with Gasteiger partial charge in [0.15, 0.2) is 0 Å². The van der Waals surface area contributed by atoms with Crippen LogP contribution in [-0.4, -0.2) is 42.3 Å². The summed E-state index contributed by atoms with van der Waals surface area (Å²) in [6.45, 7) is 3.51. The molecule has 2 rings (SSSR count). The summed E-state index contributed by atoms with van der Waals surface area (Å²) >= 11 is 0. The number of carbonyl (C=O) groups is 2. The Hall–Kier alpha value is -1.92. The van der Waals surface area contributed by atoms with Crippen LogP contribution in [0.2, 0.25) is 0 Å². The Bertz CT molecular complexity index is 528. The molecule has 1 saturated heterocycles. The molecule has 1 heterocycles. The van der Waals surface area contributed by atoms with Crippen molar-refractivity contribution in [2.45, 2.75) is 26.0 Å². The van der Waals surface area contributed by atoms with Crippen molar-refractivity contribution in [1.82, 2.24) is 5.32 Å². The maximum atomic E-state index is 12.2. The number of hydrogen-bond acceptors (Lipinski definition) is 5. The zero-order valence-electron chi connectivity index (χ0n) is 11.4. The zero-order valence-corrected chi connectivity index (χ0v) is 11.4. The van der Waals surface area contributed by atoms with Crippen LogP contribution in [0.15, 0.2) is 18.2 Å². The Morgan fingerprint density at radius 2 is 2.15 bits per heavy atom. The lowest BCUT2D eigenvalue weighted by atomic mass is 10.1. The van der Waals surface area contributed by atoms with Gasteiger partial charge in [-0.15, -0.1) is 0 Å². The van der Waals surface area contributed by atoms with E-state index in [1.165, 1.54) is 6.92 Å². The Balaban J connectivity index is 2.15. The number of benzene rings is 1.